The molecule has 3 unspecified atom stereocenters. The number of rotatable bonds is 2. The highest BCUT2D eigenvalue weighted by atomic mass is 15.2. The predicted octanol–water partition coefficient (Wildman–Crippen LogP) is 1.70. The number of hydrogen-bond acceptors (Lipinski definition) is 3. The molecular formula is C11H23N3. The molecule has 82 valence electrons. The van der Waals surface area contributed by atoms with E-state index in [4.69, 9.17) is 0 Å². The van der Waals surface area contributed by atoms with Gasteiger partial charge in [0.05, 0.1) is 12.0 Å². The van der Waals surface area contributed by atoms with E-state index in [0.717, 1.165) is 12.3 Å². The first-order chi connectivity index (χ1) is 6.49. The summed E-state index contributed by atoms with van der Waals surface area (Å²) < 4.78 is 0. The first-order valence-corrected chi connectivity index (χ1v) is 5.48. The second kappa shape index (κ2) is 4.78. The highest BCUT2D eigenvalue weighted by Gasteiger charge is 2.18. The molecule has 0 spiro atoms. The van der Waals surface area contributed by atoms with Crippen molar-refractivity contribution in [1.29, 1.82) is 0 Å². The lowest BCUT2D eigenvalue weighted by molar-refractivity contribution is 0.291. The van der Waals surface area contributed by atoms with E-state index in [1.54, 1.807) is 0 Å². The lowest BCUT2D eigenvalue weighted by Gasteiger charge is -2.28. The smallest absolute Gasteiger partial charge is 0.0981 e. The molecule has 0 aliphatic carbocycles. The van der Waals surface area contributed by atoms with E-state index in [-0.39, 0.29) is 0 Å². The zero-order valence-corrected chi connectivity index (χ0v) is 10.0. The van der Waals surface area contributed by atoms with Crippen molar-refractivity contribution >= 4 is 5.84 Å². The maximum absolute atomic E-state index is 4.63. The lowest BCUT2D eigenvalue weighted by atomic mass is 9.96. The summed E-state index contributed by atoms with van der Waals surface area (Å²) in [4.78, 5) is 6.79. The third-order valence-electron chi connectivity index (χ3n) is 2.81. The van der Waals surface area contributed by atoms with Crippen LogP contribution in [0.25, 0.3) is 0 Å². The molecule has 1 heterocycles. The highest BCUT2D eigenvalue weighted by Crippen LogP contribution is 2.18. The van der Waals surface area contributed by atoms with Crippen LogP contribution < -0.4 is 5.32 Å². The van der Waals surface area contributed by atoms with Gasteiger partial charge in [0.1, 0.15) is 0 Å². The Balaban J connectivity index is 2.51. The van der Waals surface area contributed by atoms with Crippen molar-refractivity contribution < 1.29 is 0 Å². The fourth-order valence-electron chi connectivity index (χ4n) is 1.83. The van der Waals surface area contributed by atoms with Crippen molar-refractivity contribution in [2.24, 2.45) is 10.9 Å². The standard InChI is InChI=1S/C11H23N3/c1-8-6-9(2)12-11(7-8)13-10(3)14(4)5/h8-10H,6-7H2,1-5H3,(H,12,13). The normalized spacial score (nSPS) is 30.0. The lowest BCUT2D eigenvalue weighted by Crippen LogP contribution is -2.44. The number of hydrogen-bond donors (Lipinski definition) is 1. The molecule has 3 heteroatoms. The van der Waals surface area contributed by atoms with Crippen LogP contribution in [0.5, 0.6) is 0 Å². The summed E-state index contributed by atoms with van der Waals surface area (Å²) >= 11 is 0. The third kappa shape index (κ3) is 3.29. The fourth-order valence-corrected chi connectivity index (χ4v) is 1.83. The van der Waals surface area contributed by atoms with Crippen molar-refractivity contribution in [3.05, 3.63) is 0 Å². The Morgan fingerprint density at radius 1 is 1.43 bits per heavy atom. The van der Waals surface area contributed by atoms with Crippen LogP contribution in [0.3, 0.4) is 0 Å². The van der Waals surface area contributed by atoms with Crippen molar-refractivity contribution in [1.82, 2.24) is 10.2 Å². The van der Waals surface area contributed by atoms with Gasteiger partial charge in [0.2, 0.25) is 0 Å². The molecule has 1 rings (SSSR count). The molecule has 0 radical (unpaired) electrons. The minimum absolute atomic E-state index is 0.367. The molecule has 0 saturated carbocycles. The molecule has 1 N–H and O–H groups in total. The summed E-state index contributed by atoms with van der Waals surface area (Å²) in [6, 6.07) is 0.482. The Bertz CT molecular complexity index is 211. The molecule has 1 aliphatic heterocycles. The number of nitrogens with one attached hydrogen (secondary N) is 1. The Morgan fingerprint density at radius 2 is 2.07 bits per heavy atom. The number of nitrogens with zero attached hydrogens (tertiary/aromatic N) is 2. The van der Waals surface area contributed by atoms with Gasteiger partial charge < -0.3 is 5.32 Å². The third-order valence-corrected chi connectivity index (χ3v) is 2.81. The summed E-state index contributed by atoms with van der Waals surface area (Å²) in [5.41, 5.74) is 0. The minimum atomic E-state index is 0.367. The molecule has 1 aliphatic rings. The van der Waals surface area contributed by atoms with Crippen LogP contribution in [-0.4, -0.2) is 37.0 Å². The molecule has 0 fully saturated rings. The quantitative estimate of drug-likeness (QED) is 0.682. The van der Waals surface area contributed by atoms with Crippen LogP contribution in [-0.2, 0) is 0 Å². The average Bonchev–Trinajstić information content (AvgIpc) is 2.01. The SMILES string of the molecule is CC1CC(NC(C)N(C)C)=NC(C)C1. The van der Waals surface area contributed by atoms with E-state index >= 15 is 0 Å². The summed E-state index contributed by atoms with van der Waals surface area (Å²) in [6.45, 7) is 6.65. The van der Waals surface area contributed by atoms with Gasteiger partial charge in [0, 0.05) is 12.5 Å². The second-order valence-corrected chi connectivity index (χ2v) is 4.75. The van der Waals surface area contributed by atoms with E-state index in [9.17, 15) is 0 Å². The van der Waals surface area contributed by atoms with E-state index < -0.39 is 0 Å². The zero-order chi connectivity index (χ0) is 10.7. The van der Waals surface area contributed by atoms with Crippen molar-refractivity contribution in [3.8, 4) is 0 Å². The van der Waals surface area contributed by atoms with E-state index in [1.165, 1.54) is 12.3 Å². The molecule has 0 aromatic heterocycles. The van der Waals surface area contributed by atoms with Crippen molar-refractivity contribution in [3.63, 3.8) is 0 Å². The van der Waals surface area contributed by atoms with Crippen LogP contribution in [0.2, 0.25) is 0 Å². The number of aliphatic imine (C=N–C) groups is 1. The Hall–Kier alpha value is -0.570. The molecule has 0 amide bonds. The van der Waals surface area contributed by atoms with Gasteiger partial charge in [-0.25, -0.2) is 0 Å². The Labute approximate surface area is 87.6 Å². The van der Waals surface area contributed by atoms with Gasteiger partial charge in [-0.2, -0.15) is 0 Å². The second-order valence-electron chi connectivity index (χ2n) is 4.75. The molecule has 0 saturated heterocycles. The summed E-state index contributed by atoms with van der Waals surface area (Å²) in [6.07, 6.45) is 2.69. The molecule has 0 aromatic rings. The van der Waals surface area contributed by atoms with Crippen LogP contribution in [0.1, 0.15) is 33.6 Å². The monoisotopic (exact) mass is 197 g/mol. The average molecular weight is 197 g/mol. The van der Waals surface area contributed by atoms with Crippen molar-refractivity contribution in [2.45, 2.75) is 45.8 Å². The number of amidine groups is 1. The van der Waals surface area contributed by atoms with Gasteiger partial charge in [-0.3, -0.25) is 9.89 Å². The maximum atomic E-state index is 4.63. The molecule has 14 heavy (non-hydrogen) atoms. The van der Waals surface area contributed by atoms with Crippen LogP contribution in [0.15, 0.2) is 4.99 Å². The van der Waals surface area contributed by atoms with Crippen LogP contribution >= 0.6 is 0 Å². The van der Waals surface area contributed by atoms with Crippen LogP contribution in [0, 0.1) is 5.92 Å². The largest absolute Gasteiger partial charge is 0.359 e. The van der Waals surface area contributed by atoms with Crippen LogP contribution in [0.4, 0.5) is 0 Å². The molecule has 3 atom stereocenters. The van der Waals surface area contributed by atoms with Gasteiger partial charge in [-0.05, 0) is 40.3 Å². The van der Waals surface area contributed by atoms with Gasteiger partial charge in [0.15, 0.2) is 0 Å². The Kier molecular flexibility index (Phi) is 3.93. The first kappa shape index (κ1) is 11.5. The molecule has 3 nitrogen and oxygen atoms in total. The fraction of sp³-hybridized carbons (Fsp3) is 0.909. The Morgan fingerprint density at radius 3 is 2.57 bits per heavy atom. The summed E-state index contributed by atoms with van der Waals surface area (Å²) in [7, 11) is 4.15. The molecule has 0 bridgehead atoms. The van der Waals surface area contributed by atoms with Gasteiger partial charge in [-0.15, -0.1) is 0 Å². The first-order valence-electron chi connectivity index (χ1n) is 5.48. The van der Waals surface area contributed by atoms with Crippen molar-refractivity contribution in [2.75, 3.05) is 14.1 Å². The predicted molar refractivity (Wildman–Crippen MR) is 61.6 cm³/mol. The summed E-state index contributed by atoms with van der Waals surface area (Å²) in [5.74, 6) is 1.94. The van der Waals surface area contributed by atoms with E-state index in [0.29, 0.717) is 12.2 Å². The zero-order valence-electron chi connectivity index (χ0n) is 10.0. The van der Waals surface area contributed by atoms with Gasteiger partial charge in [-0.1, -0.05) is 6.92 Å². The van der Waals surface area contributed by atoms with E-state index in [1.807, 2.05) is 0 Å². The minimum Gasteiger partial charge on any atom is -0.359 e. The van der Waals surface area contributed by atoms with Gasteiger partial charge in [0.25, 0.3) is 0 Å². The maximum Gasteiger partial charge on any atom is 0.0981 e. The van der Waals surface area contributed by atoms with E-state index in [2.05, 4.69) is 50.1 Å². The molecular weight excluding hydrogens is 174 g/mol. The topological polar surface area (TPSA) is 27.6 Å². The summed E-state index contributed by atoms with van der Waals surface area (Å²) in [5, 5.41) is 3.46. The molecule has 0 aromatic carbocycles. The van der Waals surface area contributed by atoms with Gasteiger partial charge >= 0.3 is 0 Å². The highest BCUT2D eigenvalue weighted by molar-refractivity contribution is 5.83.